The van der Waals surface area contributed by atoms with Crippen LogP contribution < -0.4 is 10.0 Å². The molecular formula is C19H20Cl2N2O3S. The molecule has 1 saturated carbocycles. The van der Waals surface area contributed by atoms with Crippen LogP contribution in [-0.4, -0.2) is 14.3 Å². The molecule has 0 bridgehead atoms. The summed E-state index contributed by atoms with van der Waals surface area (Å²) in [6.45, 7) is 0. The Labute approximate surface area is 169 Å². The number of nitrogens with one attached hydrogen (secondary N) is 2. The number of hydrogen-bond donors (Lipinski definition) is 2. The molecular weight excluding hydrogens is 407 g/mol. The maximum Gasteiger partial charge on any atom is 0.261 e. The highest BCUT2D eigenvalue weighted by atomic mass is 35.5. The molecule has 27 heavy (non-hydrogen) atoms. The normalized spacial score (nSPS) is 15.3. The van der Waals surface area contributed by atoms with Gasteiger partial charge in [0.2, 0.25) is 5.91 Å². The Bertz CT molecular complexity index is 904. The van der Waals surface area contributed by atoms with Crippen LogP contribution in [0.3, 0.4) is 0 Å². The van der Waals surface area contributed by atoms with Crippen molar-refractivity contribution in [2.75, 3.05) is 10.0 Å². The van der Waals surface area contributed by atoms with E-state index in [1.807, 2.05) is 0 Å². The van der Waals surface area contributed by atoms with Gasteiger partial charge >= 0.3 is 0 Å². The Morgan fingerprint density at radius 3 is 2.07 bits per heavy atom. The average Bonchev–Trinajstić information content (AvgIpc) is 2.61. The Morgan fingerprint density at radius 2 is 1.48 bits per heavy atom. The quantitative estimate of drug-likeness (QED) is 0.679. The summed E-state index contributed by atoms with van der Waals surface area (Å²) in [4.78, 5) is 12.4. The molecule has 2 aromatic rings. The minimum absolute atomic E-state index is 0.00278. The summed E-state index contributed by atoms with van der Waals surface area (Å²) in [7, 11) is -3.79. The lowest BCUT2D eigenvalue weighted by molar-refractivity contribution is -0.120. The first-order valence-electron chi connectivity index (χ1n) is 8.73. The fourth-order valence-electron chi connectivity index (χ4n) is 3.15. The van der Waals surface area contributed by atoms with Gasteiger partial charge < -0.3 is 5.32 Å². The van der Waals surface area contributed by atoms with Crippen molar-refractivity contribution in [3.8, 4) is 0 Å². The number of amides is 1. The zero-order chi connectivity index (χ0) is 19.4. The van der Waals surface area contributed by atoms with Crippen molar-refractivity contribution < 1.29 is 13.2 Å². The van der Waals surface area contributed by atoms with E-state index < -0.39 is 10.0 Å². The number of sulfonamides is 1. The molecule has 3 rings (SSSR count). The first-order chi connectivity index (χ1) is 12.8. The molecule has 0 aliphatic heterocycles. The first kappa shape index (κ1) is 20.0. The molecule has 1 aliphatic carbocycles. The van der Waals surface area contributed by atoms with E-state index in [1.54, 1.807) is 12.1 Å². The van der Waals surface area contributed by atoms with Crippen LogP contribution in [-0.2, 0) is 14.8 Å². The molecule has 2 N–H and O–H groups in total. The Morgan fingerprint density at radius 1 is 0.889 bits per heavy atom. The molecule has 1 fully saturated rings. The van der Waals surface area contributed by atoms with Gasteiger partial charge in [0, 0.05) is 21.7 Å². The van der Waals surface area contributed by atoms with Crippen LogP contribution >= 0.6 is 23.2 Å². The van der Waals surface area contributed by atoms with Gasteiger partial charge in [0.05, 0.1) is 10.6 Å². The zero-order valence-electron chi connectivity index (χ0n) is 14.5. The summed E-state index contributed by atoms with van der Waals surface area (Å²) in [5, 5.41) is 3.53. The predicted octanol–water partition coefficient (Wildman–Crippen LogP) is 5.31. The number of anilines is 2. The Balaban J connectivity index is 1.69. The molecule has 0 saturated heterocycles. The lowest BCUT2D eigenvalue weighted by atomic mass is 9.88. The van der Waals surface area contributed by atoms with Gasteiger partial charge in [-0.15, -0.1) is 0 Å². The highest BCUT2D eigenvalue weighted by molar-refractivity contribution is 7.92. The highest BCUT2D eigenvalue weighted by Gasteiger charge is 2.21. The van der Waals surface area contributed by atoms with Gasteiger partial charge in [-0.05, 0) is 55.3 Å². The molecule has 1 aliphatic rings. The van der Waals surface area contributed by atoms with E-state index in [1.165, 1.54) is 36.8 Å². The molecule has 0 atom stereocenters. The number of carbonyl (C=O) groups excluding carboxylic acids is 1. The van der Waals surface area contributed by atoms with Crippen molar-refractivity contribution >= 4 is 50.5 Å². The largest absolute Gasteiger partial charge is 0.326 e. The second kappa shape index (κ2) is 8.50. The van der Waals surface area contributed by atoms with Crippen LogP contribution in [0.25, 0.3) is 0 Å². The van der Waals surface area contributed by atoms with Crippen molar-refractivity contribution in [3.63, 3.8) is 0 Å². The minimum Gasteiger partial charge on any atom is -0.326 e. The number of carbonyl (C=O) groups is 1. The standard InChI is InChI=1S/C19H20Cl2N2O3S/c20-14-10-15(21)12-17(11-14)23-27(25,26)18-8-6-16(7-9-18)22-19(24)13-4-2-1-3-5-13/h6-13,23H,1-5H2,(H,22,24). The third kappa shape index (κ3) is 5.37. The molecule has 0 unspecified atom stereocenters. The van der Waals surface area contributed by atoms with E-state index in [4.69, 9.17) is 23.2 Å². The molecule has 8 heteroatoms. The molecule has 1 amide bonds. The molecule has 144 valence electrons. The van der Waals surface area contributed by atoms with Crippen molar-refractivity contribution in [3.05, 3.63) is 52.5 Å². The summed E-state index contributed by atoms with van der Waals surface area (Å²) in [5.74, 6) is 0.0356. The van der Waals surface area contributed by atoms with Gasteiger partial charge in [-0.3, -0.25) is 9.52 Å². The second-order valence-electron chi connectivity index (χ2n) is 6.61. The third-order valence-corrected chi connectivity index (χ3v) is 6.36. The zero-order valence-corrected chi connectivity index (χ0v) is 16.9. The minimum atomic E-state index is -3.79. The SMILES string of the molecule is O=C(Nc1ccc(S(=O)(=O)Nc2cc(Cl)cc(Cl)c2)cc1)C1CCCCC1. The van der Waals surface area contributed by atoms with Crippen molar-refractivity contribution in [1.29, 1.82) is 0 Å². The van der Waals surface area contributed by atoms with E-state index in [2.05, 4.69) is 10.0 Å². The summed E-state index contributed by atoms with van der Waals surface area (Å²) in [6, 6.07) is 10.5. The predicted molar refractivity (Wildman–Crippen MR) is 109 cm³/mol. The van der Waals surface area contributed by atoms with Gasteiger partial charge in [-0.1, -0.05) is 42.5 Å². The number of hydrogen-bond acceptors (Lipinski definition) is 3. The average molecular weight is 427 g/mol. The fourth-order valence-corrected chi connectivity index (χ4v) is 4.72. The van der Waals surface area contributed by atoms with Crippen molar-refractivity contribution in [2.24, 2.45) is 5.92 Å². The van der Waals surface area contributed by atoms with Crippen LogP contribution in [0.4, 0.5) is 11.4 Å². The number of rotatable bonds is 5. The van der Waals surface area contributed by atoms with Gasteiger partial charge in [0.15, 0.2) is 0 Å². The fraction of sp³-hybridized carbons (Fsp3) is 0.316. The molecule has 2 aromatic carbocycles. The van der Waals surface area contributed by atoms with Gasteiger partial charge in [-0.2, -0.15) is 0 Å². The number of benzene rings is 2. The smallest absolute Gasteiger partial charge is 0.261 e. The van der Waals surface area contributed by atoms with Crippen LogP contribution in [0, 0.1) is 5.92 Å². The van der Waals surface area contributed by atoms with E-state index in [0.717, 1.165) is 25.7 Å². The molecule has 0 aromatic heterocycles. The molecule has 0 spiro atoms. The lowest BCUT2D eigenvalue weighted by Crippen LogP contribution is -2.24. The summed E-state index contributed by atoms with van der Waals surface area (Å²) in [6.07, 6.45) is 5.15. The van der Waals surface area contributed by atoms with E-state index in [-0.39, 0.29) is 22.4 Å². The summed E-state index contributed by atoms with van der Waals surface area (Å²) >= 11 is 11.8. The molecule has 5 nitrogen and oxygen atoms in total. The van der Waals surface area contributed by atoms with Crippen LogP contribution in [0.2, 0.25) is 10.0 Å². The maximum absolute atomic E-state index is 12.5. The van der Waals surface area contributed by atoms with Crippen molar-refractivity contribution in [1.82, 2.24) is 0 Å². The van der Waals surface area contributed by atoms with Gasteiger partial charge in [-0.25, -0.2) is 8.42 Å². The lowest BCUT2D eigenvalue weighted by Gasteiger charge is -2.20. The summed E-state index contributed by atoms with van der Waals surface area (Å²) in [5.41, 5.74) is 0.859. The van der Waals surface area contributed by atoms with E-state index >= 15 is 0 Å². The monoisotopic (exact) mass is 426 g/mol. The van der Waals surface area contributed by atoms with Crippen LogP contribution in [0.15, 0.2) is 47.4 Å². The second-order valence-corrected chi connectivity index (χ2v) is 9.17. The molecule has 0 radical (unpaired) electrons. The topological polar surface area (TPSA) is 75.3 Å². The van der Waals surface area contributed by atoms with Gasteiger partial charge in [0.1, 0.15) is 0 Å². The molecule has 0 heterocycles. The van der Waals surface area contributed by atoms with Crippen LogP contribution in [0.1, 0.15) is 32.1 Å². The van der Waals surface area contributed by atoms with Crippen molar-refractivity contribution in [2.45, 2.75) is 37.0 Å². The van der Waals surface area contributed by atoms with E-state index in [9.17, 15) is 13.2 Å². The summed E-state index contributed by atoms with van der Waals surface area (Å²) < 4.78 is 27.5. The third-order valence-electron chi connectivity index (χ3n) is 4.52. The first-order valence-corrected chi connectivity index (χ1v) is 11.0. The van der Waals surface area contributed by atoms with Crippen LogP contribution in [0.5, 0.6) is 0 Å². The Kier molecular flexibility index (Phi) is 6.29. The van der Waals surface area contributed by atoms with E-state index in [0.29, 0.717) is 15.7 Å². The number of halogens is 2. The highest BCUT2D eigenvalue weighted by Crippen LogP contribution is 2.27. The maximum atomic E-state index is 12.5. The Hall–Kier alpha value is -1.76. The van der Waals surface area contributed by atoms with Gasteiger partial charge in [0.25, 0.3) is 10.0 Å².